The summed E-state index contributed by atoms with van der Waals surface area (Å²) in [6.45, 7) is 2.03. The van der Waals surface area contributed by atoms with Crippen LogP contribution < -0.4 is 10.1 Å². The van der Waals surface area contributed by atoms with Crippen LogP contribution in [0.1, 0.15) is 25.7 Å². The van der Waals surface area contributed by atoms with Crippen molar-refractivity contribution in [1.29, 1.82) is 0 Å². The third-order valence-corrected chi connectivity index (χ3v) is 5.33. The number of likely N-dealkylation sites (tertiary alicyclic amines) is 1. The van der Waals surface area contributed by atoms with Crippen molar-refractivity contribution in [1.82, 2.24) is 10.2 Å². The number of carbonyl (C=O) groups excluding carboxylic acids is 2. The van der Waals surface area contributed by atoms with Gasteiger partial charge in [-0.25, -0.2) is 0 Å². The van der Waals surface area contributed by atoms with Gasteiger partial charge < -0.3 is 15.0 Å². The molecule has 2 fully saturated rings. The van der Waals surface area contributed by atoms with Crippen molar-refractivity contribution < 1.29 is 14.3 Å². The van der Waals surface area contributed by atoms with Gasteiger partial charge in [0.05, 0.1) is 0 Å². The Morgan fingerprint density at radius 1 is 1.20 bits per heavy atom. The molecule has 1 saturated heterocycles. The lowest BCUT2D eigenvalue weighted by molar-refractivity contribution is -0.142. The third-order valence-electron chi connectivity index (χ3n) is 4.83. The van der Waals surface area contributed by atoms with E-state index in [2.05, 4.69) is 5.32 Å². The highest BCUT2D eigenvalue weighted by Crippen LogP contribution is 2.42. The Morgan fingerprint density at radius 2 is 1.84 bits per heavy atom. The van der Waals surface area contributed by atoms with Gasteiger partial charge >= 0.3 is 0 Å². The highest BCUT2D eigenvalue weighted by Gasteiger charge is 2.55. The zero-order valence-corrected chi connectivity index (χ0v) is 15.5. The van der Waals surface area contributed by atoms with E-state index in [4.69, 9.17) is 27.9 Å². The predicted molar refractivity (Wildman–Crippen MR) is 97.1 cm³/mol. The summed E-state index contributed by atoms with van der Waals surface area (Å²) in [6.07, 6.45) is 3.26. The van der Waals surface area contributed by atoms with Crippen molar-refractivity contribution >= 4 is 35.0 Å². The number of nitrogens with zero attached hydrogens (tertiary/aromatic N) is 1. The van der Waals surface area contributed by atoms with Crippen molar-refractivity contribution in [2.75, 3.05) is 25.5 Å². The van der Waals surface area contributed by atoms with Gasteiger partial charge in [-0.15, -0.1) is 11.6 Å². The average molecular weight is 385 g/mol. The lowest BCUT2D eigenvalue weighted by Gasteiger charge is -2.34. The second-order valence-corrected chi connectivity index (χ2v) is 7.43. The van der Waals surface area contributed by atoms with Crippen molar-refractivity contribution in [3.63, 3.8) is 0 Å². The van der Waals surface area contributed by atoms with Gasteiger partial charge in [-0.1, -0.05) is 11.6 Å². The molecule has 1 saturated carbocycles. The maximum atomic E-state index is 12.9. The first kappa shape index (κ1) is 18.3. The van der Waals surface area contributed by atoms with Gasteiger partial charge in [-0.2, -0.15) is 0 Å². The number of benzene rings is 1. The van der Waals surface area contributed by atoms with Gasteiger partial charge in [0.1, 0.15) is 11.6 Å². The van der Waals surface area contributed by atoms with Crippen LogP contribution in [0.4, 0.5) is 0 Å². The molecule has 0 bridgehead atoms. The highest BCUT2D eigenvalue weighted by atomic mass is 35.5. The standard InChI is InChI=1S/C18H22Cl2N2O3/c19-11-16(23)21-12-13-5-9-22(10-6-13)17(24)18(7-8-18)25-15-3-1-14(20)2-4-15/h1-4,13H,5-12H2,(H,21,23). The molecule has 2 amide bonds. The van der Waals surface area contributed by atoms with Gasteiger partial charge in [-0.3, -0.25) is 9.59 Å². The summed E-state index contributed by atoms with van der Waals surface area (Å²) >= 11 is 11.4. The molecule has 0 atom stereocenters. The Labute approximate surface area is 157 Å². The topological polar surface area (TPSA) is 58.6 Å². The number of carbonyl (C=O) groups is 2. The number of rotatable bonds is 6. The number of hydrogen-bond acceptors (Lipinski definition) is 3. The minimum atomic E-state index is -0.701. The molecule has 1 aliphatic carbocycles. The van der Waals surface area contributed by atoms with Crippen LogP contribution in [0.3, 0.4) is 0 Å². The van der Waals surface area contributed by atoms with Gasteiger partial charge in [0.25, 0.3) is 5.91 Å². The summed E-state index contributed by atoms with van der Waals surface area (Å²) in [5.41, 5.74) is -0.701. The van der Waals surface area contributed by atoms with Gasteiger partial charge in [0.2, 0.25) is 5.91 Å². The fraction of sp³-hybridized carbons (Fsp3) is 0.556. The summed E-state index contributed by atoms with van der Waals surface area (Å²) in [5, 5.41) is 3.46. The summed E-state index contributed by atoms with van der Waals surface area (Å²) in [4.78, 5) is 26.0. The Bertz CT molecular complexity index is 624. The molecule has 25 heavy (non-hydrogen) atoms. The van der Waals surface area contributed by atoms with E-state index in [1.165, 1.54) is 0 Å². The molecule has 1 aromatic rings. The minimum Gasteiger partial charge on any atom is -0.477 e. The Morgan fingerprint density at radius 3 is 2.40 bits per heavy atom. The number of halogens is 2. The summed E-state index contributed by atoms with van der Waals surface area (Å²) in [5.74, 6) is 0.985. The van der Waals surface area contributed by atoms with Crippen LogP contribution in [0.15, 0.2) is 24.3 Å². The second kappa shape index (κ2) is 7.83. The third kappa shape index (κ3) is 4.59. The van der Waals surface area contributed by atoms with Gasteiger partial charge in [-0.05, 0) is 43.0 Å². The molecule has 7 heteroatoms. The molecule has 1 N–H and O–H groups in total. The molecule has 0 aromatic heterocycles. The second-order valence-electron chi connectivity index (χ2n) is 6.72. The van der Waals surface area contributed by atoms with Crippen LogP contribution >= 0.6 is 23.2 Å². The maximum absolute atomic E-state index is 12.9. The number of ether oxygens (including phenoxy) is 1. The van der Waals surface area contributed by atoms with E-state index in [1.807, 2.05) is 4.90 Å². The van der Waals surface area contributed by atoms with E-state index >= 15 is 0 Å². The van der Waals surface area contributed by atoms with Crippen molar-refractivity contribution in [3.05, 3.63) is 29.3 Å². The lowest BCUT2D eigenvalue weighted by Crippen LogP contribution is -2.48. The zero-order chi connectivity index (χ0) is 17.9. The molecular formula is C18H22Cl2N2O3. The first-order valence-corrected chi connectivity index (χ1v) is 9.50. The average Bonchev–Trinajstić information content (AvgIpc) is 3.42. The number of piperidine rings is 1. The first-order valence-electron chi connectivity index (χ1n) is 8.59. The largest absolute Gasteiger partial charge is 0.477 e. The molecule has 0 radical (unpaired) electrons. The molecule has 3 rings (SSSR count). The van der Waals surface area contributed by atoms with Gasteiger partial charge in [0, 0.05) is 37.5 Å². The van der Waals surface area contributed by atoms with Crippen LogP contribution in [0.5, 0.6) is 5.75 Å². The summed E-state index contributed by atoms with van der Waals surface area (Å²) < 4.78 is 5.98. The SMILES string of the molecule is O=C(CCl)NCC1CCN(C(=O)C2(Oc3ccc(Cl)cc3)CC2)CC1. The Kier molecular flexibility index (Phi) is 5.74. The minimum absolute atomic E-state index is 0.0120. The molecule has 0 spiro atoms. The molecule has 1 heterocycles. The van der Waals surface area contributed by atoms with Crippen LogP contribution in [0.2, 0.25) is 5.02 Å². The summed E-state index contributed by atoms with van der Waals surface area (Å²) in [7, 11) is 0. The fourth-order valence-corrected chi connectivity index (χ4v) is 3.36. The van der Waals surface area contributed by atoms with Crippen LogP contribution in [-0.2, 0) is 9.59 Å². The Balaban J connectivity index is 1.50. The fourth-order valence-electron chi connectivity index (χ4n) is 3.14. The number of amides is 2. The highest BCUT2D eigenvalue weighted by molar-refractivity contribution is 6.30. The number of hydrogen-bond donors (Lipinski definition) is 1. The van der Waals surface area contributed by atoms with Crippen molar-refractivity contribution in [3.8, 4) is 5.75 Å². The van der Waals surface area contributed by atoms with Gasteiger partial charge in [0.15, 0.2) is 5.60 Å². The van der Waals surface area contributed by atoms with E-state index < -0.39 is 5.60 Å². The first-order chi connectivity index (χ1) is 12.0. The van der Waals surface area contributed by atoms with E-state index in [0.717, 1.165) is 25.7 Å². The molecule has 1 aromatic carbocycles. The molecular weight excluding hydrogens is 363 g/mol. The van der Waals surface area contributed by atoms with Crippen molar-refractivity contribution in [2.45, 2.75) is 31.3 Å². The Hall–Kier alpha value is -1.46. The summed E-state index contributed by atoms with van der Waals surface area (Å²) in [6, 6.07) is 7.11. The predicted octanol–water partition coefficient (Wildman–Crippen LogP) is 2.85. The number of alkyl halides is 1. The van der Waals surface area contributed by atoms with Crippen LogP contribution in [-0.4, -0.2) is 47.8 Å². The monoisotopic (exact) mass is 384 g/mol. The maximum Gasteiger partial charge on any atom is 0.266 e. The van der Waals surface area contributed by atoms with Crippen LogP contribution in [0, 0.1) is 5.92 Å². The smallest absolute Gasteiger partial charge is 0.266 e. The van der Waals surface area contributed by atoms with Crippen LogP contribution in [0.25, 0.3) is 0 Å². The lowest BCUT2D eigenvalue weighted by atomic mass is 9.96. The molecule has 136 valence electrons. The molecule has 5 nitrogen and oxygen atoms in total. The van der Waals surface area contributed by atoms with E-state index in [0.29, 0.717) is 36.3 Å². The molecule has 1 aliphatic heterocycles. The molecule has 2 aliphatic rings. The normalized spacial score (nSPS) is 19.4. The quantitative estimate of drug-likeness (QED) is 0.767. The molecule has 0 unspecified atom stereocenters. The van der Waals surface area contributed by atoms with E-state index in [1.54, 1.807) is 24.3 Å². The zero-order valence-electron chi connectivity index (χ0n) is 14.0. The number of nitrogens with one attached hydrogen (secondary N) is 1. The van der Waals surface area contributed by atoms with E-state index in [9.17, 15) is 9.59 Å². The van der Waals surface area contributed by atoms with E-state index in [-0.39, 0.29) is 17.7 Å². The van der Waals surface area contributed by atoms with Crippen molar-refractivity contribution in [2.24, 2.45) is 5.92 Å².